The van der Waals surface area contributed by atoms with Crippen molar-refractivity contribution < 1.29 is 5.11 Å². The fourth-order valence-electron chi connectivity index (χ4n) is 0.963. The van der Waals surface area contributed by atoms with Crippen LogP contribution in [0.15, 0.2) is 18.2 Å². The van der Waals surface area contributed by atoms with E-state index >= 15 is 0 Å². The third-order valence-electron chi connectivity index (χ3n) is 1.68. The average molecular weight is 177 g/mol. The Balaban J connectivity index is 2.83. The van der Waals surface area contributed by atoms with Crippen LogP contribution in [0.25, 0.3) is 0 Å². The van der Waals surface area contributed by atoms with E-state index in [1.807, 2.05) is 13.1 Å². The topological polar surface area (TPSA) is 60.1 Å². The normalized spacial score (nSPS) is 9.31. The number of nitriles is 1. The zero-order valence-corrected chi connectivity index (χ0v) is 7.44. The molecule has 0 radical (unpaired) electrons. The minimum atomic E-state index is 0.0783. The average Bonchev–Trinajstić information content (AvgIpc) is 2.18. The van der Waals surface area contributed by atoms with Crippen molar-refractivity contribution >= 4 is 5.82 Å². The minimum Gasteiger partial charge on any atom is -0.395 e. The molecule has 0 unspecified atom stereocenters. The fourth-order valence-corrected chi connectivity index (χ4v) is 0.963. The molecule has 68 valence electrons. The van der Waals surface area contributed by atoms with Crippen LogP contribution in [-0.2, 0) is 0 Å². The number of pyridine rings is 1. The molecule has 0 spiro atoms. The van der Waals surface area contributed by atoms with Crippen LogP contribution in [0.4, 0.5) is 5.82 Å². The molecular weight excluding hydrogens is 166 g/mol. The Morgan fingerprint density at radius 2 is 2.38 bits per heavy atom. The quantitative estimate of drug-likeness (QED) is 0.725. The molecule has 1 aromatic rings. The highest BCUT2D eigenvalue weighted by Gasteiger charge is 2.01. The van der Waals surface area contributed by atoms with E-state index in [-0.39, 0.29) is 6.61 Å². The molecule has 0 amide bonds. The maximum absolute atomic E-state index is 8.69. The van der Waals surface area contributed by atoms with Gasteiger partial charge in [0.2, 0.25) is 0 Å². The highest BCUT2D eigenvalue weighted by Crippen LogP contribution is 2.08. The van der Waals surface area contributed by atoms with Crippen molar-refractivity contribution in [3.8, 4) is 6.07 Å². The van der Waals surface area contributed by atoms with Gasteiger partial charge in [0.1, 0.15) is 17.6 Å². The van der Waals surface area contributed by atoms with Gasteiger partial charge in [-0.2, -0.15) is 5.26 Å². The zero-order chi connectivity index (χ0) is 9.68. The number of hydrogen-bond acceptors (Lipinski definition) is 4. The number of aliphatic hydroxyl groups excluding tert-OH is 1. The van der Waals surface area contributed by atoms with E-state index in [9.17, 15) is 0 Å². The molecule has 0 aliphatic carbocycles. The molecule has 13 heavy (non-hydrogen) atoms. The SMILES string of the molecule is CN(CCO)c1cccc(C#N)n1. The van der Waals surface area contributed by atoms with Crippen molar-refractivity contribution in [2.45, 2.75) is 0 Å². The summed E-state index contributed by atoms with van der Waals surface area (Å²) in [6, 6.07) is 7.19. The molecule has 0 fully saturated rings. The molecule has 4 nitrogen and oxygen atoms in total. The largest absolute Gasteiger partial charge is 0.395 e. The van der Waals surface area contributed by atoms with Crippen LogP contribution >= 0.6 is 0 Å². The van der Waals surface area contributed by atoms with Crippen molar-refractivity contribution in [1.29, 1.82) is 5.26 Å². The molecule has 0 aromatic carbocycles. The Morgan fingerprint density at radius 1 is 1.62 bits per heavy atom. The number of aromatic nitrogens is 1. The maximum Gasteiger partial charge on any atom is 0.142 e. The summed E-state index contributed by atoms with van der Waals surface area (Å²) in [4.78, 5) is 5.86. The molecule has 0 atom stereocenters. The maximum atomic E-state index is 8.69. The lowest BCUT2D eigenvalue weighted by atomic mass is 10.3. The van der Waals surface area contributed by atoms with Crippen LogP contribution in [-0.4, -0.2) is 30.3 Å². The summed E-state index contributed by atoms with van der Waals surface area (Å²) in [5, 5.41) is 17.3. The fraction of sp³-hybridized carbons (Fsp3) is 0.333. The molecule has 1 N–H and O–H groups in total. The van der Waals surface area contributed by atoms with E-state index in [1.54, 1.807) is 23.1 Å². The van der Waals surface area contributed by atoms with Crippen LogP contribution in [0.3, 0.4) is 0 Å². The number of hydrogen-bond donors (Lipinski definition) is 1. The van der Waals surface area contributed by atoms with Gasteiger partial charge in [0.05, 0.1) is 6.61 Å². The second-order valence-corrected chi connectivity index (χ2v) is 2.64. The molecule has 0 aliphatic rings. The lowest BCUT2D eigenvalue weighted by molar-refractivity contribution is 0.304. The van der Waals surface area contributed by atoms with Gasteiger partial charge >= 0.3 is 0 Å². The van der Waals surface area contributed by atoms with Crippen LogP contribution in [0.2, 0.25) is 0 Å². The summed E-state index contributed by atoms with van der Waals surface area (Å²) in [7, 11) is 1.82. The van der Waals surface area contributed by atoms with Crippen molar-refractivity contribution in [3.63, 3.8) is 0 Å². The number of aliphatic hydroxyl groups is 1. The lowest BCUT2D eigenvalue weighted by Gasteiger charge is -2.16. The van der Waals surface area contributed by atoms with E-state index in [0.29, 0.717) is 18.1 Å². The summed E-state index contributed by atoms with van der Waals surface area (Å²) < 4.78 is 0. The van der Waals surface area contributed by atoms with Gasteiger partial charge < -0.3 is 10.0 Å². The molecule has 1 rings (SSSR count). The summed E-state index contributed by atoms with van der Waals surface area (Å²) in [6.45, 7) is 0.594. The smallest absolute Gasteiger partial charge is 0.142 e. The molecule has 4 heteroatoms. The first-order valence-corrected chi connectivity index (χ1v) is 3.97. The summed E-state index contributed by atoms with van der Waals surface area (Å²) in [6.07, 6.45) is 0. The van der Waals surface area contributed by atoms with Gasteiger partial charge in [-0.25, -0.2) is 4.98 Å². The van der Waals surface area contributed by atoms with Gasteiger partial charge in [0.25, 0.3) is 0 Å². The lowest BCUT2D eigenvalue weighted by Crippen LogP contribution is -2.22. The van der Waals surface area contributed by atoms with Crippen LogP contribution in [0.5, 0.6) is 0 Å². The Morgan fingerprint density at radius 3 is 3.00 bits per heavy atom. The molecular formula is C9H11N3O. The monoisotopic (exact) mass is 177 g/mol. The third kappa shape index (κ3) is 2.42. The van der Waals surface area contributed by atoms with Crippen molar-refractivity contribution in [1.82, 2.24) is 4.98 Å². The van der Waals surface area contributed by atoms with E-state index in [0.717, 1.165) is 0 Å². The summed E-state index contributed by atoms with van der Waals surface area (Å²) >= 11 is 0. The highest BCUT2D eigenvalue weighted by atomic mass is 16.3. The molecule has 1 aromatic heterocycles. The van der Waals surface area contributed by atoms with Crippen molar-refractivity contribution in [2.24, 2.45) is 0 Å². The zero-order valence-electron chi connectivity index (χ0n) is 7.44. The van der Waals surface area contributed by atoms with Gasteiger partial charge in [-0.05, 0) is 12.1 Å². The molecule has 0 saturated heterocycles. The predicted molar refractivity (Wildman–Crippen MR) is 49.3 cm³/mol. The standard InChI is InChI=1S/C9H11N3O/c1-12(5-6-13)9-4-2-3-8(7-10)11-9/h2-4,13H,5-6H2,1H3. The minimum absolute atomic E-state index is 0.0783. The van der Waals surface area contributed by atoms with E-state index in [2.05, 4.69) is 4.98 Å². The molecule has 0 bridgehead atoms. The Labute approximate surface area is 77.1 Å². The van der Waals surface area contributed by atoms with Gasteiger partial charge in [-0.15, -0.1) is 0 Å². The van der Waals surface area contributed by atoms with Gasteiger partial charge in [-0.3, -0.25) is 0 Å². The highest BCUT2D eigenvalue weighted by molar-refractivity contribution is 5.40. The summed E-state index contributed by atoms with van der Waals surface area (Å²) in [5.41, 5.74) is 0.391. The number of anilines is 1. The summed E-state index contributed by atoms with van der Waals surface area (Å²) in [5.74, 6) is 0.702. The van der Waals surface area contributed by atoms with E-state index < -0.39 is 0 Å². The third-order valence-corrected chi connectivity index (χ3v) is 1.68. The molecule has 0 saturated carbocycles. The predicted octanol–water partition coefficient (Wildman–Crippen LogP) is 0.382. The van der Waals surface area contributed by atoms with Crippen molar-refractivity contribution in [3.05, 3.63) is 23.9 Å². The number of likely N-dealkylation sites (N-methyl/N-ethyl adjacent to an activating group) is 1. The van der Waals surface area contributed by atoms with Crippen molar-refractivity contribution in [2.75, 3.05) is 25.1 Å². The number of rotatable bonds is 3. The van der Waals surface area contributed by atoms with Gasteiger partial charge in [-0.1, -0.05) is 6.07 Å². The molecule has 0 aliphatic heterocycles. The number of nitrogens with zero attached hydrogens (tertiary/aromatic N) is 3. The second-order valence-electron chi connectivity index (χ2n) is 2.64. The van der Waals surface area contributed by atoms with E-state index in [4.69, 9.17) is 10.4 Å². The Kier molecular flexibility index (Phi) is 3.23. The van der Waals surface area contributed by atoms with Gasteiger partial charge in [0, 0.05) is 13.6 Å². The van der Waals surface area contributed by atoms with Crippen LogP contribution < -0.4 is 4.90 Å². The first kappa shape index (κ1) is 9.49. The Bertz CT molecular complexity index is 319. The van der Waals surface area contributed by atoms with E-state index in [1.165, 1.54) is 0 Å². The first-order chi connectivity index (χ1) is 6.27. The first-order valence-electron chi connectivity index (χ1n) is 3.97. The Hall–Kier alpha value is -1.60. The van der Waals surface area contributed by atoms with Crippen LogP contribution in [0, 0.1) is 11.3 Å². The van der Waals surface area contributed by atoms with Gasteiger partial charge in [0.15, 0.2) is 0 Å². The molecule has 1 heterocycles. The van der Waals surface area contributed by atoms with Crippen LogP contribution in [0.1, 0.15) is 5.69 Å². The second kappa shape index (κ2) is 4.43.